The minimum absolute atomic E-state index is 0.182. The molecule has 2 aliphatic rings. The highest BCUT2D eigenvalue weighted by molar-refractivity contribution is 9.10. The molecule has 0 aliphatic carbocycles. The summed E-state index contributed by atoms with van der Waals surface area (Å²) < 4.78 is 13.7. The molecular weight excluding hydrogens is 508 g/mol. The van der Waals surface area contributed by atoms with Crippen LogP contribution in [0.3, 0.4) is 0 Å². The van der Waals surface area contributed by atoms with Crippen molar-refractivity contribution < 1.29 is 14.3 Å². The Kier molecular flexibility index (Phi) is 8.24. The number of nitrogens with zero attached hydrogens (tertiary/aromatic N) is 1. The third-order valence-electron chi connectivity index (χ3n) is 5.38. The fraction of sp³-hybridized carbons (Fsp3) is 0.333. The molecule has 168 valence electrons. The van der Waals surface area contributed by atoms with Gasteiger partial charge in [-0.05, 0) is 50.2 Å². The Balaban J connectivity index is 1.49. The van der Waals surface area contributed by atoms with E-state index in [0.29, 0.717) is 28.2 Å². The van der Waals surface area contributed by atoms with Gasteiger partial charge in [-0.25, -0.2) is 0 Å². The van der Waals surface area contributed by atoms with Crippen molar-refractivity contribution in [3.63, 3.8) is 0 Å². The van der Waals surface area contributed by atoms with Gasteiger partial charge in [0.25, 0.3) is 5.91 Å². The van der Waals surface area contributed by atoms with Crippen molar-refractivity contribution >= 4 is 56.2 Å². The summed E-state index contributed by atoms with van der Waals surface area (Å²) in [5.41, 5.74) is 1.85. The molecule has 2 fully saturated rings. The van der Waals surface area contributed by atoms with E-state index in [2.05, 4.69) is 26.1 Å². The second kappa shape index (κ2) is 11.3. The molecule has 0 saturated carbocycles. The molecule has 2 aliphatic heterocycles. The van der Waals surface area contributed by atoms with Crippen LogP contribution >= 0.6 is 39.9 Å². The van der Waals surface area contributed by atoms with Crippen LogP contribution in [0.5, 0.6) is 11.5 Å². The maximum atomic E-state index is 12.1. The Morgan fingerprint density at radius 1 is 1.12 bits per heavy atom. The molecule has 0 bridgehead atoms. The first-order valence-corrected chi connectivity index (χ1v) is 12.7. The fourth-order valence-corrected chi connectivity index (χ4v) is 5.09. The van der Waals surface area contributed by atoms with Gasteiger partial charge in [0.05, 0.1) is 4.91 Å². The number of hydrogen-bond donors (Lipinski definition) is 1. The summed E-state index contributed by atoms with van der Waals surface area (Å²) in [5.74, 6) is 1.24. The molecule has 8 heteroatoms. The van der Waals surface area contributed by atoms with Crippen molar-refractivity contribution in [2.75, 3.05) is 26.2 Å². The number of benzene rings is 2. The normalized spacial score (nSPS) is 18.1. The van der Waals surface area contributed by atoms with Crippen molar-refractivity contribution in [3.8, 4) is 11.5 Å². The van der Waals surface area contributed by atoms with Gasteiger partial charge in [0.1, 0.15) is 29.0 Å². The molecule has 0 unspecified atom stereocenters. The highest BCUT2D eigenvalue weighted by atomic mass is 79.9. The Bertz CT molecular complexity index is 1020. The third kappa shape index (κ3) is 6.34. The summed E-state index contributed by atoms with van der Waals surface area (Å²) >= 11 is 9.93. The number of amides is 1. The molecule has 5 nitrogen and oxygen atoms in total. The summed E-state index contributed by atoms with van der Waals surface area (Å²) in [6.07, 6.45) is 5.68. The number of halogens is 1. The van der Waals surface area contributed by atoms with Gasteiger partial charge in [-0.15, -0.1) is 0 Å². The predicted octanol–water partition coefficient (Wildman–Crippen LogP) is 5.38. The molecule has 1 amide bonds. The van der Waals surface area contributed by atoms with E-state index in [9.17, 15) is 4.79 Å². The Morgan fingerprint density at radius 2 is 1.94 bits per heavy atom. The van der Waals surface area contributed by atoms with Crippen LogP contribution in [0, 0.1) is 0 Å². The van der Waals surface area contributed by atoms with Crippen LogP contribution in [-0.2, 0) is 11.4 Å². The monoisotopic (exact) mass is 532 g/mol. The number of hydrogen-bond acceptors (Lipinski definition) is 6. The summed E-state index contributed by atoms with van der Waals surface area (Å²) in [6, 6.07) is 13.7. The highest BCUT2D eigenvalue weighted by Gasteiger charge is 2.22. The lowest BCUT2D eigenvalue weighted by molar-refractivity contribution is -0.115. The molecular formula is C24H25BrN2O3S2. The predicted molar refractivity (Wildman–Crippen MR) is 137 cm³/mol. The van der Waals surface area contributed by atoms with E-state index in [1.807, 2.05) is 48.5 Å². The molecule has 1 N–H and O–H groups in total. The largest absolute Gasteiger partial charge is 0.492 e. The van der Waals surface area contributed by atoms with Gasteiger partial charge in [0.15, 0.2) is 0 Å². The minimum atomic E-state index is -0.182. The van der Waals surface area contributed by atoms with Crippen LogP contribution in [0.15, 0.2) is 51.8 Å². The van der Waals surface area contributed by atoms with Crippen LogP contribution in [0.4, 0.5) is 0 Å². The molecule has 2 heterocycles. The van der Waals surface area contributed by atoms with E-state index in [1.165, 1.54) is 31.0 Å². The Hall–Kier alpha value is -1.87. The SMILES string of the molecule is O=C1NC(=S)SC1=Cc1ccc(OCCN2CCCCC2)cc1OCc1ccccc1Br. The van der Waals surface area contributed by atoms with Gasteiger partial charge in [-0.2, -0.15) is 0 Å². The minimum Gasteiger partial charge on any atom is -0.492 e. The van der Waals surface area contributed by atoms with Gasteiger partial charge in [-0.1, -0.05) is 64.5 Å². The molecule has 0 radical (unpaired) electrons. The van der Waals surface area contributed by atoms with Gasteiger partial charge < -0.3 is 14.8 Å². The second-order valence-electron chi connectivity index (χ2n) is 7.68. The zero-order chi connectivity index (χ0) is 22.3. The standard InChI is InChI=1S/C24H25BrN2O3S2/c25-20-7-3-2-6-18(20)16-30-21-15-19(29-13-12-27-10-4-1-5-11-27)9-8-17(21)14-22-23(28)26-24(31)32-22/h2-3,6-9,14-15H,1,4-5,10-13,16H2,(H,26,28,31). The summed E-state index contributed by atoms with van der Waals surface area (Å²) in [4.78, 5) is 15.1. The number of thiocarbonyl (C=S) groups is 1. The molecule has 2 saturated heterocycles. The first-order chi connectivity index (χ1) is 15.6. The van der Waals surface area contributed by atoms with E-state index < -0.39 is 0 Å². The van der Waals surface area contributed by atoms with E-state index in [-0.39, 0.29) is 5.91 Å². The van der Waals surface area contributed by atoms with Gasteiger partial charge in [0.2, 0.25) is 0 Å². The quantitative estimate of drug-likeness (QED) is 0.363. The van der Waals surface area contributed by atoms with Crippen LogP contribution in [0.2, 0.25) is 0 Å². The van der Waals surface area contributed by atoms with Crippen LogP contribution < -0.4 is 14.8 Å². The molecule has 2 aromatic carbocycles. The van der Waals surface area contributed by atoms with E-state index in [0.717, 1.165) is 41.0 Å². The van der Waals surface area contributed by atoms with Gasteiger partial charge in [0, 0.05) is 28.2 Å². The average Bonchev–Trinajstić information content (AvgIpc) is 3.11. The molecule has 32 heavy (non-hydrogen) atoms. The highest BCUT2D eigenvalue weighted by Crippen LogP contribution is 2.32. The first kappa shape index (κ1) is 23.3. The van der Waals surface area contributed by atoms with Gasteiger partial charge in [-0.3, -0.25) is 9.69 Å². The number of carbonyl (C=O) groups excluding carboxylic acids is 1. The lowest BCUT2D eigenvalue weighted by atomic mass is 10.1. The molecule has 0 aromatic heterocycles. The summed E-state index contributed by atoms with van der Waals surface area (Å²) in [6.45, 7) is 4.26. The lowest BCUT2D eigenvalue weighted by Gasteiger charge is -2.26. The van der Waals surface area contributed by atoms with E-state index in [4.69, 9.17) is 21.7 Å². The van der Waals surface area contributed by atoms with Crippen molar-refractivity contribution in [2.45, 2.75) is 25.9 Å². The van der Waals surface area contributed by atoms with Gasteiger partial charge >= 0.3 is 0 Å². The number of piperidine rings is 1. The number of carbonyl (C=O) groups is 1. The third-order valence-corrected chi connectivity index (χ3v) is 7.32. The zero-order valence-electron chi connectivity index (χ0n) is 17.6. The maximum Gasteiger partial charge on any atom is 0.263 e. The first-order valence-electron chi connectivity index (χ1n) is 10.7. The number of nitrogens with one attached hydrogen (secondary N) is 1. The Morgan fingerprint density at radius 3 is 2.69 bits per heavy atom. The second-order valence-corrected chi connectivity index (χ2v) is 10.3. The fourth-order valence-electron chi connectivity index (χ4n) is 3.66. The van der Waals surface area contributed by atoms with E-state index >= 15 is 0 Å². The van der Waals surface area contributed by atoms with Crippen LogP contribution in [-0.4, -0.2) is 41.4 Å². The molecule has 4 rings (SSSR count). The Labute approximate surface area is 206 Å². The zero-order valence-corrected chi connectivity index (χ0v) is 20.9. The summed E-state index contributed by atoms with van der Waals surface area (Å²) in [5, 5.41) is 2.65. The smallest absolute Gasteiger partial charge is 0.263 e. The average molecular weight is 534 g/mol. The number of rotatable bonds is 8. The number of likely N-dealkylation sites (tertiary alicyclic amines) is 1. The number of thioether (sulfide) groups is 1. The molecule has 0 atom stereocenters. The topological polar surface area (TPSA) is 50.8 Å². The molecule has 2 aromatic rings. The number of ether oxygens (including phenoxy) is 2. The maximum absolute atomic E-state index is 12.1. The van der Waals surface area contributed by atoms with Crippen molar-refractivity contribution in [1.29, 1.82) is 0 Å². The summed E-state index contributed by atoms with van der Waals surface area (Å²) in [7, 11) is 0. The van der Waals surface area contributed by atoms with Crippen molar-refractivity contribution in [2.24, 2.45) is 0 Å². The van der Waals surface area contributed by atoms with E-state index in [1.54, 1.807) is 0 Å². The van der Waals surface area contributed by atoms with Crippen LogP contribution in [0.25, 0.3) is 6.08 Å². The van der Waals surface area contributed by atoms with Crippen molar-refractivity contribution in [1.82, 2.24) is 10.2 Å². The molecule has 0 spiro atoms. The van der Waals surface area contributed by atoms with Crippen LogP contribution in [0.1, 0.15) is 30.4 Å². The lowest BCUT2D eigenvalue weighted by Crippen LogP contribution is -2.33. The van der Waals surface area contributed by atoms with Crippen molar-refractivity contribution in [3.05, 3.63) is 63.0 Å².